The second kappa shape index (κ2) is 3.65. The Balaban J connectivity index is 3.00. The fraction of sp³-hybridized carbons (Fsp3) is 0.600. The second-order valence-electron chi connectivity index (χ2n) is 1.37. The van der Waals surface area contributed by atoms with Crippen LogP contribution in [-0.2, 0) is 4.94 Å². The molecule has 0 aromatic rings. The van der Waals surface area contributed by atoms with Gasteiger partial charge in [0, 0.05) is 10.9 Å². The van der Waals surface area contributed by atoms with Crippen LogP contribution in [0.25, 0.3) is 0 Å². The highest BCUT2D eigenvalue weighted by Gasteiger charge is 1.88. The van der Waals surface area contributed by atoms with Crippen LogP contribution in [0.4, 0.5) is 4.53 Å². The lowest BCUT2D eigenvalue weighted by molar-refractivity contribution is -0.0861. The van der Waals surface area contributed by atoms with E-state index < -0.39 is 0 Å². The zero-order valence-electron chi connectivity index (χ0n) is 4.41. The Kier molecular flexibility index (Phi) is 3.38. The van der Waals surface area contributed by atoms with E-state index in [1.54, 1.807) is 0 Å². The van der Waals surface area contributed by atoms with E-state index >= 15 is 0 Å². The summed E-state index contributed by atoms with van der Waals surface area (Å²) < 4.78 is 11.0. The van der Waals surface area contributed by atoms with Crippen molar-refractivity contribution >= 4 is 0 Å². The van der Waals surface area contributed by atoms with Crippen LogP contribution in [0.5, 0.6) is 0 Å². The molecule has 0 radical (unpaired) electrons. The van der Waals surface area contributed by atoms with Gasteiger partial charge < -0.3 is 0 Å². The Labute approximate surface area is 42.7 Å². The summed E-state index contributed by atoms with van der Waals surface area (Å²) in [6.07, 6.45) is 1.49. The maximum Gasteiger partial charge on any atom is 0.141 e. The number of hydrogen-bond acceptors (Lipinski definition) is 1. The molecule has 0 unspecified atom stereocenters. The average Bonchev–Trinajstić information content (AvgIpc) is 1.68. The van der Waals surface area contributed by atoms with Crippen LogP contribution < -0.4 is 0 Å². The molecule has 42 valence electrons. The summed E-state index contributed by atoms with van der Waals surface area (Å²) in [5.74, 6) is 0.211. The van der Waals surface area contributed by atoms with E-state index in [0.717, 1.165) is 6.42 Å². The molecule has 1 nitrogen and oxygen atoms in total. The molecule has 0 N–H and O–H groups in total. The minimum atomic E-state index is 0.211. The van der Waals surface area contributed by atoms with Crippen LogP contribution in [0.15, 0.2) is 12.3 Å². The number of hydrogen-bond donors (Lipinski definition) is 0. The Morgan fingerprint density at radius 2 is 2.43 bits per heavy atom. The van der Waals surface area contributed by atoms with Crippen molar-refractivity contribution < 1.29 is 9.47 Å². The molecule has 0 bridgehead atoms. The Bertz CT molecular complexity index is 61.1. The molecule has 0 aliphatic rings. The molecule has 0 aromatic carbocycles. The van der Waals surface area contributed by atoms with E-state index in [1.807, 2.05) is 6.92 Å². The quantitative estimate of drug-likeness (QED) is 0.499. The van der Waals surface area contributed by atoms with Gasteiger partial charge in [-0.25, -0.2) is 0 Å². The zero-order chi connectivity index (χ0) is 5.70. The zero-order valence-corrected chi connectivity index (χ0v) is 4.41. The SMILES string of the molecule is C=C(CCC)OF. The van der Waals surface area contributed by atoms with Crippen molar-refractivity contribution in [1.29, 1.82) is 0 Å². The van der Waals surface area contributed by atoms with Crippen molar-refractivity contribution in [2.24, 2.45) is 0 Å². The molecule has 0 fully saturated rings. The van der Waals surface area contributed by atoms with Gasteiger partial charge in [-0.15, -0.1) is 0 Å². The summed E-state index contributed by atoms with van der Waals surface area (Å²) in [4.78, 5) is 3.30. The van der Waals surface area contributed by atoms with Crippen LogP contribution >= 0.6 is 0 Å². The number of allylic oxidation sites excluding steroid dienone is 1. The van der Waals surface area contributed by atoms with E-state index in [0.29, 0.717) is 6.42 Å². The van der Waals surface area contributed by atoms with Crippen molar-refractivity contribution in [2.45, 2.75) is 19.8 Å². The molecule has 0 rings (SSSR count). The van der Waals surface area contributed by atoms with Gasteiger partial charge in [-0.05, 0) is 6.42 Å². The summed E-state index contributed by atoms with van der Waals surface area (Å²) in [5, 5.41) is 0. The van der Waals surface area contributed by atoms with Gasteiger partial charge >= 0.3 is 0 Å². The predicted octanol–water partition coefficient (Wildman–Crippen LogP) is 2.20. The third-order valence-electron chi connectivity index (χ3n) is 0.638. The second-order valence-corrected chi connectivity index (χ2v) is 1.37. The highest BCUT2D eigenvalue weighted by Crippen LogP contribution is 2.01. The maximum atomic E-state index is 11.0. The first kappa shape index (κ1) is 6.47. The first-order chi connectivity index (χ1) is 3.31. The van der Waals surface area contributed by atoms with Crippen LogP contribution in [0.3, 0.4) is 0 Å². The summed E-state index contributed by atoms with van der Waals surface area (Å²) in [6, 6.07) is 0. The van der Waals surface area contributed by atoms with Gasteiger partial charge in [-0.3, -0.25) is 4.94 Å². The van der Waals surface area contributed by atoms with Crippen LogP contribution in [0.1, 0.15) is 19.8 Å². The van der Waals surface area contributed by atoms with Crippen molar-refractivity contribution in [3.8, 4) is 0 Å². The summed E-state index contributed by atoms with van der Waals surface area (Å²) in [5.41, 5.74) is 0. The maximum absolute atomic E-state index is 11.0. The highest BCUT2D eigenvalue weighted by molar-refractivity contribution is 4.78. The average molecular weight is 104 g/mol. The van der Waals surface area contributed by atoms with Gasteiger partial charge in [0.1, 0.15) is 5.76 Å². The molecule has 0 saturated carbocycles. The molecule has 0 aromatic heterocycles. The van der Waals surface area contributed by atoms with E-state index in [2.05, 4.69) is 11.5 Å². The predicted molar refractivity (Wildman–Crippen MR) is 26.2 cm³/mol. The largest absolute Gasteiger partial charge is 0.300 e. The smallest absolute Gasteiger partial charge is 0.141 e. The Morgan fingerprint density at radius 3 is 2.57 bits per heavy atom. The molecule has 0 aliphatic carbocycles. The van der Waals surface area contributed by atoms with Crippen LogP contribution in [0.2, 0.25) is 0 Å². The molecule has 0 aliphatic heterocycles. The van der Waals surface area contributed by atoms with Gasteiger partial charge in [0.15, 0.2) is 0 Å². The van der Waals surface area contributed by atoms with Gasteiger partial charge in [-0.2, -0.15) is 0 Å². The molecule has 0 atom stereocenters. The van der Waals surface area contributed by atoms with E-state index in [4.69, 9.17) is 0 Å². The lowest BCUT2D eigenvalue weighted by Gasteiger charge is -1.91. The fourth-order valence-corrected chi connectivity index (χ4v) is 0.317. The molecule has 0 saturated heterocycles. The standard InChI is InChI=1S/C5H9FO/c1-3-4-5(2)7-6/h2-4H2,1H3. The van der Waals surface area contributed by atoms with E-state index in [1.165, 1.54) is 0 Å². The van der Waals surface area contributed by atoms with Gasteiger partial charge in [0.05, 0.1) is 0 Å². The Morgan fingerprint density at radius 1 is 1.86 bits per heavy atom. The first-order valence-corrected chi connectivity index (χ1v) is 2.27. The van der Waals surface area contributed by atoms with E-state index in [9.17, 15) is 4.53 Å². The highest BCUT2D eigenvalue weighted by atomic mass is 19.3. The third-order valence-corrected chi connectivity index (χ3v) is 0.638. The molecule has 0 spiro atoms. The molecule has 7 heavy (non-hydrogen) atoms. The number of halogens is 1. The van der Waals surface area contributed by atoms with Crippen molar-refractivity contribution in [2.75, 3.05) is 0 Å². The van der Waals surface area contributed by atoms with Crippen molar-refractivity contribution in [3.63, 3.8) is 0 Å². The molecular weight excluding hydrogens is 95.1 g/mol. The molecule has 0 amide bonds. The summed E-state index contributed by atoms with van der Waals surface area (Å²) in [6.45, 7) is 5.20. The molecule has 0 heterocycles. The lowest BCUT2D eigenvalue weighted by atomic mass is 10.3. The van der Waals surface area contributed by atoms with Crippen molar-refractivity contribution in [1.82, 2.24) is 0 Å². The van der Waals surface area contributed by atoms with Crippen LogP contribution in [-0.4, -0.2) is 0 Å². The number of rotatable bonds is 3. The third kappa shape index (κ3) is 3.30. The summed E-state index contributed by atoms with van der Waals surface area (Å²) >= 11 is 0. The minimum Gasteiger partial charge on any atom is -0.300 e. The summed E-state index contributed by atoms with van der Waals surface area (Å²) in [7, 11) is 0. The van der Waals surface area contributed by atoms with Crippen molar-refractivity contribution in [3.05, 3.63) is 12.3 Å². The van der Waals surface area contributed by atoms with Crippen LogP contribution in [0, 0.1) is 0 Å². The first-order valence-electron chi connectivity index (χ1n) is 2.27. The van der Waals surface area contributed by atoms with E-state index in [-0.39, 0.29) is 5.76 Å². The van der Waals surface area contributed by atoms with Gasteiger partial charge in [-0.1, -0.05) is 13.5 Å². The molecular formula is C5H9FO. The fourth-order valence-electron chi connectivity index (χ4n) is 0.317. The lowest BCUT2D eigenvalue weighted by Crippen LogP contribution is -1.76. The van der Waals surface area contributed by atoms with Gasteiger partial charge in [0.25, 0.3) is 0 Å². The topological polar surface area (TPSA) is 9.23 Å². The minimum absolute atomic E-state index is 0.211. The molecule has 2 heteroatoms. The Hall–Kier alpha value is -0.530. The normalized spacial score (nSPS) is 8.29. The monoisotopic (exact) mass is 104 g/mol. The van der Waals surface area contributed by atoms with Gasteiger partial charge in [0.2, 0.25) is 0 Å².